The van der Waals surface area contributed by atoms with Crippen LogP contribution in [0.1, 0.15) is 5.56 Å². The number of fused-ring (bicyclic) bond motifs is 1. The molecule has 176 valence electrons. The number of carbonyl (C=O) groups excluding carboxylic acids is 2. The molecular formula is C21H22ClN3O7S. The molecule has 2 aliphatic rings. The van der Waals surface area contributed by atoms with Crippen molar-refractivity contribution >= 4 is 33.4 Å². The van der Waals surface area contributed by atoms with Crippen LogP contribution in [-0.2, 0) is 30.9 Å². The van der Waals surface area contributed by atoms with Gasteiger partial charge in [-0.3, -0.25) is 9.59 Å². The van der Waals surface area contributed by atoms with Crippen LogP contribution in [0.4, 0.5) is 0 Å². The average molecular weight is 496 g/mol. The number of halogens is 1. The Morgan fingerprint density at radius 1 is 0.970 bits per heavy atom. The topological polar surface area (TPSA) is 123 Å². The Kier molecular flexibility index (Phi) is 7.03. The van der Waals surface area contributed by atoms with E-state index in [-0.39, 0.29) is 31.1 Å². The highest BCUT2D eigenvalue weighted by Crippen LogP contribution is 2.34. The number of ether oxygens (including phenoxy) is 3. The van der Waals surface area contributed by atoms with Crippen molar-refractivity contribution < 1.29 is 32.2 Å². The monoisotopic (exact) mass is 495 g/mol. The first-order valence-corrected chi connectivity index (χ1v) is 12.0. The van der Waals surface area contributed by atoms with E-state index < -0.39 is 28.1 Å². The van der Waals surface area contributed by atoms with E-state index in [9.17, 15) is 18.0 Å². The molecule has 0 saturated carbocycles. The van der Waals surface area contributed by atoms with Crippen molar-refractivity contribution in [3.05, 3.63) is 53.1 Å². The van der Waals surface area contributed by atoms with Gasteiger partial charge in [-0.25, -0.2) is 8.42 Å². The van der Waals surface area contributed by atoms with E-state index in [0.717, 1.165) is 9.87 Å². The quantitative estimate of drug-likeness (QED) is 0.570. The standard InChI is InChI=1S/C21H22ClN3O7S/c22-15-3-1-14(2-4-15)12-23-20(26)21(27)24-13-19-25(7-8-32-19)33(28,29)16-5-6-17-18(11-16)31-10-9-30-17/h1-6,11,19H,7-10,12-13H2,(H,23,26)(H,24,27)/t19-/m1/s1. The minimum absolute atomic E-state index is 0.0225. The van der Waals surface area contributed by atoms with Crippen LogP contribution in [0.2, 0.25) is 5.02 Å². The molecule has 2 heterocycles. The summed E-state index contributed by atoms with van der Waals surface area (Å²) in [5, 5.41) is 5.49. The molecule has 4 rings (SSSR count). The number of nitrogens with one attached hydrogen (secondary N) is 2. The Morgan fingerprint density at radius 3 is 2.42 bits per heavy atom. The van der Waals surface area contributed by atoms with Gasteiger partial charge in [-0.05, 0) is 29.8 Å². The van der Waals surface area contributed by atoms with Gasteiger partial charge < -0.3 is 24.8 Å². The van der Waals surface area contributed by atoms with Crippen LogP contribution in [0.15, 0.2) is 47.4 Å². The lowest BCUT2D eigenvalue weighted by atomic mass is 10.2. The summed E-state index contributed by atoms with van der Waals surface area (Å²) in [7, 11) is -3.93. The Morgan fingerprint density at radius 2 is 1.67 bits per heavy atom. The first-order chi connectivity index (χ1) is 15.8. The molecule has 2 aromatic rings. The molecule has 0 aromatic heterocycles. The van der Waals surface area contributed by atoms with Crippen LogP contribution < -0.4 is 20.1 Å². The molecule has 0 bridgehead atoms. The van der Waals surface area contributed by atoms with E-state index in [1.165, 1.54) is 12.1 Å². The highest BCUT2D eigenvalue weighted by atomic mass is 35.5. The summed E-state index contributed by atoms with van der Waals surface area (Å²) in [5.74, 6) is -0.906. The number of hydrogen-bond donors (Lipinski definition) is 2. The predicted octanol–water partition coefficient (Wildman–Crippen LogP) is 0.891. The Bertz CT molecular complexity index is 1140. The van der Waals surface area contributed by atoms with Gasteiger partial charge in [0.05, 0.1) is 18.0 Å². The smallest absolute Gasteiger partial charge is 0.309 e. The number of rotatable bonds is 6. The van der Waals surface area contributed by atoms with E-state index in [4.69, 9.17) is 25.8 Å². The van der Waals surface area contributed by atoms with Crippen molar-refractivity contribution in [2.24, 2.45) is 0 Å². The Balaban J connectivity index is 1.34. The van der Waals surface area contributed by atoms with Crippen LogP contribution in [0.25, 0.3) is 0 Å². The highest BCUT2D eigenvalue weighted by Gasteiger charge is 2.37. The Labute approximate surface area is 195 Å². The summed E-state index contributed by atoms with van der Waals surface area (Å²) in [6, 6.07) is 11.2. The zero-order valence-electron chi connectivity index (χ0n) is 17.5. The van der Waals surface area contributed by atoms with Crippen LogP contribution >= 0.6 is 11.6 Å². The lowest BCUT2D eigenvalue weighted by Crippen LogP contribution is -2.47. The predicted molar refractivity (Wildman–Crippen MR) is 117 cm³/mol. The van der Waals surface area contributed by atoms with Crippen LogP contribution in [-0.4, -0.2) is 63.7 Å². The van der Waals surface area contributed by atoms with E-state index in [1.54, 1.807) is 30.3 Å². The molecule has 10 nitrogen and oxygen atoms in total. The van der Waals surface area contributed by atoms with E-state index in [1.807, 2.05) is 0 Å². The molecule has 0 spiro atoms. The maximum Gasteiger partial charge on any atom is 0.309 e. The second kappa shape index (κ2) is 9.96. The van der Waals surface area contributed by atoms with Gasteiger partial charge in [-0.1, -0.05) is 23.7 Å². The van der Waals surface area contributed by atoms with E-state index in [0.29, 0.717) is 29.7 Å². The van der Waals surface area contributed by atoms with Crippen LogP contribution in [0, 0.1) is 0 Å². The third-order valence-corrected chi connectivity index (χ3v) is 7.21. The van der Waals surface area contributed by atoms with Gasteiger partial charge in [0, 0.05) is 24.2 Å². The summed E-state index contributed by atoms with van der Waals surface area (Å²) in [4.78, 5) is 24.3. The van der Waals surface area contributed by atoms with E-state index in [2.05, 4.69) is 10.6 Å². The molecule has 12 heteroatoms. The van der Waals surface area contributed by atoms with Crippen molar-refractivity contribution in [1.29, 1.82) is 0 Å². The summed E-state index contributed by atoms with van der Waals surface area (Å²) >= 11 is 5.82. The molecule has 1 atom stereocenters. The zero-order valence-corrected chi connectivity index (χ0v) is 19.0. The van der Waals surface area contributed by atoms with Crippen molar-refractivity contribution in [2.75, 3.05) is 32.9 Å². The number of amides is 2. The number of benzene rings is 2. The molecular weight excluding hydrogens is 474 g/mol. The zero-order chi connectivity index (χ0) is 23.4. The third kappa shape index (κ3) is 5.38. The molecule has 0 unspecified atom stereocenters. The number of hydrogen-bond acceptors (Lipinski definition) is 7. The molecule has 0 radical (unpaired) electrons. The fourth-order valence-electron chi connectivity index (χ4n) is 3.39. The number of nitrogens with zero attached hydrogens (tertiary/aromatic N) is 1. The van der Waals surface area contributed by atoms with Gasteiger partial charge in [0.15, 0.2) is 11.5 Å². The van der Waals surface area contributed by atoms with Gasteiger partial charge in [0.25, 0.3) is 0 Å². The maximum atomic E-state index is 13.1. The molecule has 2 N–H and O–H groups in total. The lowest BCUT2D eigenvalue weighted by molar-refractivity contribution is -0.139. The molecule has 2 aromatic carbocycles. The summed E-state index contributed by atoms with van der Waals surface area (Å²) in [6.45, 7) is 0.963. The first kappa shape index (κ1) is 23.3. The average Bonchev–Trinajstić information content (AvgIpc) is 3.31. The van der Waals surface area contributed by atoms with E-state index >= 15 is 0 Å². The van der Waals surface area contributed by atoms with Crippen LogP contribution in [0.5, 0.6) is 11.5 Å². The van der Waals surface area contributed by atoms with Gasteiger partial charge in [0.1, 0.15) is 19.4 Å². The molecule has 33 heavy (non-hydrogen) atoms. The first-order valence-electron chi connectivity index (χ1n) is 10.2. The van der Waals surface area contributed by atoms with Crippen LogP contribution in [0.3, 0.4) is 0 Å². The summed E-state index contributed by atoms with van der Waals surface area (Å²) in [6.07, 6.45) is -0.948. The second-order valence-electron chi connectivity index (χ2n) is 7.27. The third-order valence-electron chi connectivity index (χ3n) is 5.07. The van der Waals surface area contributed by atoms with Crippen molar-refractivity contribution in [3.63, 3.8) is 0 Å². The molecule has 2 aliphatic heterocycles. The normalized spacial score (nSPS) is 18.0. The van der Waals surface area contributed by atoms with Crippen molar-refractivity contribution in [1.82, 2.24) is 14.9 Å². The maximum absolute atomic E-state index is 13.1. The van der Waals surface area contributed by atoms with Gasteiger partial charge in [-0.15, -0.1) is 0 Å². The number of carbonyl (C=O) groups is 2. The van der Waals surface area contributed by atoms with Gasteiger partial charge >= 0.3 is 11.8 Å². The SMILES string of the molecule is O=C(NCc1ccc(Cl)cc1)C(=O)NC[C@H]1OCCN1S(=O)(=O)c1ccc2c(c1)OCCO2. The fourth-order valence-corrected chi connectivity index (χ4v) is 5.04. The summed E-state index contributed by atoms with van der Waals surface area (Å²) < 4.78 is 43.8. The molecule has 1 saturated heterocycles. The van der Waals surface area contributed by atoms with Gasteiger partial charge in [0.2, 0.25) is 10.0 Å². The second-order valence-corrected chi connectivity index (χ2v) is 9.59. The summed E-state index contributed by atoms with van der Waals surface area (Å²) in [5.41, 5.74) is 0.774. The van der Waals surface area contributed by atoms with Crippen molar-refractivity contribution in [3.8, 4) is 11.5 Å². The molecule has 0 aliphatic carbocycles. The Hall–Kier alpha value is -2.86. The number of sulfonamides is 1. The lowest BCUT2D eigenvalue weighted by Gasteiger charge is -2.24. The minimum atomic E-state index is -3.93. The van der Waals surface area contributed by atoms with Gasteiger partial charge in [-0.2, -0.15) is 4.31 Å². The molecule has 2 amide bonds. The van der Waals surface area contributed by atoms with Crippen molar-refractivity contribution in [2.45, 2.75) is 17.7 Å². The fraction of sp³-hybridized carbons (Fsp3) is 0.333. The largest absolute Gasteiger partial charge is 0.486 e. The highest BCUT2D eigenvalue weighted by molar-refractivity contribution is 7.89. The minimum Gasteiger partial charge on any atom is -0.486 e. The molecule has 1 fully saturated rings.